The first kappa shape index (κ1) is 21.1. The minimum absolute atomic E-state index is 0.0177. The second-order valence-electron chi connectivity index (χ2n) is 8.52. The Morgan fingerprint density at radius 2 is 1.86 bits per heavy atom. The summed E-state index contributed by atoms with van der Waals surface area (Å²) in [5, 5.41) is 3.01. The summed E-state index contributed by atoms with van der Waals surface area (Å²) in [5.41, 5.74) is 3.74. The summed E-state index contributed by atoms with van der Waals surface area (Å²) in [6, 6.07) is 15.7. The lowest BCUT2D eigenvalue weighted by Gasteiger charge is -2.33. The highest BCUT2D eigenvalue weighted by atomic mass is 16.2. The highest BCUT2D eigenvalue weighted by Crippen LogP contribution is 2.28. The van der Waals surface area contributed by atoms with Gasteiger partial charge in [-0.1, -0.05) is 43.7 Å². The molecule has 1 aliphatic rings. The number of hydrogen-bond donors (Lipinski definition) is 1. The minimum Gasteiger partial charge on any atom is -0.352 e. The highest BCUT2D eigenvalue weighted by Gasteiger charge is 2.26. The van der Waals surface area contributed by atoms with Crippen LogP contribution in [0.5, 0.6) is 0 Å². The van der Waals surface area contributed by atoms with Gasteiger partial charge in [0.1, 0.15) is 0 Å². The number of nitrogens with one attached hydrogen (secondary N) is 1. The van der Waals surface area contributed by atoms with E-state index in [2.05, 4.69) is 25.2 Å². The van der Waals surface area contributed by atoms with Gasteiger partial charge in [-0.25, -0.2) is 0 Å². The predicted molar refractivity (Wildman–Crippen MR) is 117 cm³/mol. The molecule has 2 aromatic rings. The van der Waals surface area contributed by atoms with Gasteiger partial charge in [-0.3, -0.25) is 9.59 Å². The summed E-state index contributed by atoms with van der Waals surface area (Å²) in [5.74, 6) is 0.913. The van der Waals surface area contributed by atoms with E-state index < -0.39 is 0 Å². The van der Waals surface area contributed by atoms with Crippen molar-refractivity contribution in [1.82, 2.24) is 10.2 Å². The SMILES string of the molecule is Cc1ccc(C(=O)N2CCC[C@H](c3cccc(C(=O)NCCC(C)C)c3)C2)cc1. The summed E-state index contributed by atoms with van der Waals surface area (Å²) in [6.07, 6.45) is 2.99. The number of carbonyl (C=O) groups excluding carboxylic acids is 2. The van der Waals surface area contributed by atoms with Crippen molar-refractivity contribution >= 4 is 11.8 Å². The number of piperidine rings is 1. The van der Waals surface area contributed by atoms with E-state index in [1.807, 2.05) is 54.3 Å². The van der Waals surface area contributed by atoms with Crippen LogP contribution in [0, 0.1) is 12.8 Å². The molecule has 1 heterocycles. The van der Waals surface area contributed by atoms with Crippen LogP contribution in [0.3, 0.4) is 0 Å². The number of hydrogen-bond acceptors (Lipinski definition) is 2. The number of rotatable bonds is 6. The fourth-order valence-corrected chi connectivity index (χ4v) is 3.82. The van der Waals surface area contributed by atoms with Gasteiger partial charge in [0.2, 0.25) is 0 Å². The molecule has 3 rings (SSSR count). The van der Waals surface area contributed by atoms with Gasteiger partial charge in [0.15, 0.2) is 0 Å². The summed E-state index contributed by atoms with van der Waals surface area (Å²) in [6.45, 7) is 8.52. The van der Waals surface area contributed by atoms with Gasteiger partial charge < -0.3 is 10.2 Å². The average Bonchev–Trinajstić information content (AvgIpc) is 2.73. The number of carbonyl (C=O) groups is 2. The fourth-order valence-electron chi connectivity index (χ4n) is 3.82. The van der Waals surface area contributed by atoms with Crippen LogP contribution >= 0.6 is 0 Å². The summed E-state index contributed by atoms with van der Waals surface area (Å²) >= 11 is 0. The fraction of sp³-hybridized carbons (Fsp3) is 0.440. The van der Waals surface area contributed by atoms with Crippen LogP contribution in [0.2, 0.25) is 0 Å². The van der Waals surface area contributed by atoms with Crippen molar-refractivity contribution in [2.45, 2.75) is 46.0 Å². The lowest BCUT2D eigenvalue weighted by atomic mass is 9.89. The number of amides is 2. The Kier molecular flexibility index (Phi) is 7.08. The smallest absolute Gasteiger partial charge is 0.253 e. The molecule has 1 fully saturated rings. The van der Waals surface area contributed by atoms with E-state index in [0.717, 1.165) is 42.5 Å². The van der Waals surface area contributed by atoms with Crippen molar-refractivity contribution in [2.24, 2.45) is 5.92 Å². The molecule has 1 saturated heterocycles. The molecule has 0 spiro atoms. The van der Waals surface area contributed by atoms with Gasteiger partial charge in [0.25, 0.3) is 11.8 Å². The zero-order valence-corrected chi connectivity index (χ0v) is 17.8. The maximum absolute atomic E-state index is 12.9. The van der Waals surface area contributed by atoms with Gasteiger partial charge >= 0.3 is 0 Å². The molecule has 2 aromatic carbocycles. The molecular weight excluding hydrogens is 360 g/mol. The van der Waals surface area contributed by atoms with Crippen molar-refractivity contribution in [3.05, 3.63) is 70.8 Å². The van der Waals surface area contributed by atoms with Crippen LogP contribution < -0.4 is 5.32 Å². The second-order valence-corrected chi connectivity index (χ2v) is 8.52. The molecule has 0 bridgehead atoms. The van der Waals surface area contributed by atoms with Crippen molar-refractivity contribution in [3.63, 3.8) is 0 Å². The molecule has 1 aliphatic heterocycles. The topological polar surface area (TPSA) is 49.4 Å². The Labute approximate surface area is 174 Å². The molecule has 0 saturated carbocycles. The number of nitrogens with zero attached hydrogens (tertiary/aromatic N) is 1. The van der Waals surface area contributed by atoms with Crippen LogP contribution in [0.25, 0.3) is 0 Å². The van der Waals surface area contributed by atoms with E-state index in [0.29, 0.717) is 24.6 Å². The Morgan fingerprint density at radius 1 is 1.10 bits per heavy atom. The molecule has 0 aromatic heterocycles. The van der Waals surface area contributed by atoms with E-state index in [9.17, 15) is 9.59 Å². The lowest BCUT2D eigenvalue weighted by molar-refractivity contribution is 0.0706. The molecule has 154 valence electrons. The first-order valence-corrected chi connectivity index (χ1v) is 10.7. The molecule has 29 heavy (non-hydrogen) atoms. The maximum atomic E-state index is 12.9. The van der Waals surface area contributed by atoms with Crippen LogP contribution in [-0.2, 0) is 0 Å². The zero-order valence-electron chi connectivity index (χ0n) is 17.8. The van der Waals surface area contributed by atoms with E-state index in [1.54, 1.807) is 0 Å². The third-order valence-electron chi connectivity index (χ3n) is 5.63. The van der Waals surface area contributed by atoms with Crippen molar-refractivity contribution in [2.75, 3.05) is 19.6 Å². The molecule has 4 nitrogen and oxygen atoms in total. The molecule has 2 amide bonds. The van der Waals surface area contributed by atoms with Crippen molar-refractivity contribution in [1.29, 1.82) is 0 Å². The average molecular weight is 393 g/mol. The minimum atomic E-state index is -0.0177. The maximum Gasteiger partial charge on any atom is 0.253 e. The molecule has 1 N–H and O–H groups in total. The van der Waals surface area contributed by atoms with E-state index in [-0.39, 0.29) is 17.7 Å². The lowest BCUT2D eigenvalue weighted by Crippen LogP contribution is -2.39. The molecule has 0 aliphatic carbocycles. The Morgan fingerprint density at radius 3 is 2.59 bits per heavy atom. The van der Waals surface area contributed by atoms with E-state index >= 15 is 0 Å². The van der Waals surface area contributed by atoms with Crippen LogP contribution in [0.4, 0.5) is 0 Å². The normalized spacial score (nSPS) is 16.7. The van der Waals surface area contributed by atoms with Crippen molar-refractivity contribution < 1.29 is 9.59 Å². The highest BCUT2D eigenvalue weighted by molar-refractivity contribution is 5.95. The second kappa shape index (κ2) is 9.73. The number of likely N-dealkylation sites (tertiary alicyclic amines) is 1. The van der Waals surface area contributed by atoms with Crippen LogP contribution in [-0.4, -0.2) is 36.3 Å². The Balaban J connectivity index is 1.66. The summed E-state index contributed by atoms with van der Waals surface area (Å²) in [7, 11) is 0. The summed E-state index contributed by atoms with van der Waals surface area (Å²) < 4.78 is 0. The van der Waals surface area contributed by atoms with Gasteiger partial charge in [-0.15, -0.1) is 0 Å². The van der Waals surface area contributed by atoms with Gasteiger partial charge in [-0.05, 0) is 61.9 Å². The third-order valence-corrected chi connectivity index (χ3v) is 5.63. The molecule has 0 unspecified atom stereocenters. The quantitative estimate of drug-likeness (QED) is 0.768. The first-order chi connectivity index (χ1) is 13.9. The number of aryl methyl sites for hydroxylation is 1. The largest absolute Gasteiger partial charge is 0.352 e. The molecular formula is C25H32N2O2. The third kappa shape index (κ3) is 5.69. The standard InChI is InChI=1S/C25H32N2O2/c1-18(2)13-14-26-24(28)22-7-4-6-21(16-22)23-8-5-15-27(17-23)25(29)20-11-9-19(3)10-12-20/h4,6-7,9-12,16,18,23H,5,8,13-15,17H2,1-3H3,(H,26,28)/t23-/m0/s1. The predicted octanol–water partition coefficient (Wildman–Crippen LogP) is 4.79. The van der Waals surface area contributed by atoms with Crippen molar-refractivity contribution in [3.8, 4) is 0 Å². The van der Waals surface area contributed by atoms with Gasteiger partial charge in [0, 0.05) is 36.7 Å². The van der Waals surface area contributed by atoms with Crippen LogP contribution in [0.1, 0.15) is 70.9 Å². The number of benzene rings is 2. The molecule has 1 atom stereocenters. The summed E-state index contributed by atoms with van der Waals surface area (Å²) in [4.78, 5) is 27.3. The van der Waals surface area contributed by atoms with Gasteiger partial charge in [0.05, 0.1) is 0 Å². The molecule has 0 radical (unpaired) electrons. The van der Waals surface area contributed by atoms with Gasteiger partial charge in [-0.2, -0.15) is 0 Å². The van der Waals surface area contributed by atoms with E-state index in [1.165, 1.54) is 0 Å². The van der Waals surface area contributed by atoms with Crippen LogP contribution in [0.15, 0.2) is 48.5 Å². The monoisotopic (exact) mass is 392 g/mol. The van der Waals surface area contributed by atoms with E-state index in [4.69, 9.17) is 0 Å². The Hall–Kier alpha value is -2.62. The first-order valence-electron chi connectivity index (χ1n) is 10.7. The molecule has 4 heteroatoms. The Bertz CT molecular complexity index is 842. The zero-order chi connectivity index (χ0) is 20.8.